The Hall–Kier alpha value is -3.18. The molecule has 1 unspecified atom stereocenters. The molecule has 1 aliphatic heterocycles. The van der Waals surface area contributed by atoms with Gasteiger partial charge in [-0.05, 0) is 43.3 Å². The van der Waals surface area contributed by atoms with Crippen molar-refractivity contribution in [3.05, 3.63) is 89.2 Å². The molecule has 0 aromatic heterocycles. The molecule has 1 atom stereocenters. The molecular formula is C26H30N2O3. The van der Waals surface area contributed by atoms with Gasteiger partial charge in [0.25, 0.3) is 5.91 Å². The highest BCUT2D eigenvalue weighted by Gasteiger charge is 2.42. The van der Waals surface area contributed by atoms with Gasteiger partial charge in [0.1, 0.15) is 0 Å². The van der Waals surface area contributed by atoms with E-state index in [4.69, 9.17) is 0 Å². The number of ketones is 1. The van der Waals surface area contributed by atoms with Gasteiger partial charge in [0.05, 0.1) is 11.6 Å². The molecule has 2 aromatic carbocycles. The average Bonchev–Trinajstić information content (AvgIpc) is 3.06. The summed E-state index contributed by atoms with van der Waals surface area (Å²) in [4.78, 5) is 29.9. The number of aliphatic hydroxyl groups excluding tert-OH is 1. The molecule has 1 aliphatic rings. The number of rotatable bonds is 10. The Bertz CT molecular complexity index is 947. The topological polar surface area (TPSA) is 60.9 Å². The predicted octanol–water partition coefficient (Wildman–Crippen LogP) is 4.40. The summed E-state index contributed by atoms with van der Waals surface area (Å²) in [5, 5.41) is 10.7. The standard InChI is InChI=1S/C26H30N2O3/c1-3-27(4-2)18-11-19-28-24(21-14-9-6-10-15-21)23(25(30)26(28)31)22(29)17-16-20-12-7-5-8-13-20/h5-10,12-17,24,30H,3-4,11,18-19H2,1-2H3/b17-16+. The van der Waals surface area contributed by atoms with Gasteiger partial charge in [-0.15, -0.1) is 0 Å². The zero-order valence-electron chi connectivity index (χ0n) is 18.2. The third-order valence-corrected chi connectivity index (χ3v) is 5.68. The highest BCUT2D eigenvalue weighted by atomic mass is 16.3. The number of hydrogen-bond acceptors (Lipinski definition) is 4. The average molecular weight is 419 g/mol. The van der Waals surface area contributed by atoms with Gasteiger partial charge < -0.3 is 14.9 Å². The molecule has 1 heterocycles. The van der Waals surface area contributed by atoms with E-state index in [1.54, 1.807) is 11.0 Å². The summed E-state index contributed by atoms with van der Waals surface area (Å²) in [6, 6.07) is 18.3. The number of hydrogen-bond donors (Lipinski definition) is 1. The first-order valence-electron chi connectivity index (χ1n) is 10.9. The molecule has 162 valence electrons. The van der Waals surface area contributed by atoms with Crippen molar-refractivity contribution in [1.29, 1.82) is 0 Å². The molecule has 3 rings (SSSR count). The molecular weight excluding hydrogens is 388 g/mol. The maximum atomic E-state index is 13.1. The van der Waals surface area contributed by atoms with E-state index in [-0.39, 0.29) is 11.4 Å². The van der Waals surface area contributed by atoms with Crippen LogP contribution in [0.25, 0.3) is 6.08 Å². The Morgan fingerprint density at radius 3 is 2.26 bits per heavy atom. The maximum absolute atomic E-state index is 13.1. The number of allylic oxidation sites excluding steroid dienone is 1. The Kier molecular flexibility index (Phi) is 7.79. The van der Waals surface area contributed by atoms with Crippen molar-refractivity contribution in [2.24, 2.45) is 0 Å². The van der Waals surface area contributed by atoms with E-state index < -0.39 is 17.7 Å². The molecule has 0 saturated carbocycles. The molecule has 0 bridgehead atoms. The van der Waals surface area contributed by atoms with Crippen LogP contribution in [-0.2, 0) is 9.59 Å². The predicted molar refractivity (Wildman–Crippen MR) is 123 cm³/mol. The van der Waals surface area contributed by atoms with Gasteiger partial charge in [0.15, 0.2) is 11.5 Å². The van der Waals surface area contributed by atoms with Gasteiger partial charge in [0.2, 0.25) is 0 Å². The van der Waals surface area contributed by atoms with Crippen molar-refractivity contribution in [3.8, 4) is 0 Å². The van der Waals surface area contributed by atoms with Gasteiger partial charge in [-0.3, -0.25) is 9.59 Å². The van der Waals surface area contributed by atoms with E-state index in [0.29, 0.717) is 6.54 Å². The highest BCUT2D eigenvalue weighted by Crippen LogP contribution is 2.38. The van der Waals surface area contributed by atoms with E-state index in [2.05, 4.69) is 18.7 Å². The number of aliphatic hydroxyl groups is 1. The fraction of sp³-hybridized carbons (Fsp3) is 0.308. The minimum atomic E-state index is -0.585. The van der Waals surface area contributed by atoms with E-state index in [1.807, 2.05) is 60.7 Å². The first-order valence-corrected chi connectivity index (χ1v) is 10.9. The van der Waals surface area contributed by atoms with Crippen molar-refractivity contribution in [1.82, 2.24) is 9.80 Å². The van der Waals surface area contributed by atoms with Crippen LogP contribution in [-0.4, -0.2) is 52.8 Å². The first kappa shape index (κ1) is 22.5. The fourth-order valence-electron chi connectivity index (χ4n) is 3.95. The molecule has 2 aromatic rings. The number of carbonyl (C=O) groups excluding carboxylic acids is 2. The van der Waals surface area contributed by atoms with Crippen molar-refractivity contribution < 1.29 is 14.7 Å². The lowest BCUT2D eigenvalue weighted by Crippen LogP contribution is -2.34. The summed E-state index contributed by atoms with van der Waals surface area (Å²) < 4.78 is 0. The molecule has 1 N–H and O–H groups in total. The van der Waals surface area contributed by atoms with Crippen LogP contribution in [0.4, 0.5) is 0 Å². The SMILES string of the molecule is CCN(CC)CCCN1C(=O)C(O)=C(C(=O)/C=C/c2ccccc2)C1c1ccccc1. The molecule has 0 radical (unpaired) electrons. The first-order chi connectivity index (χ1) is 15.1. The summed E-state index contributed by atoms with van der Waals surface area (Å²) in [6.07, 6.45) is 3.91. The Morgan fingerprint density at radius 2 is 1.65 bits per heavy atom. The van der Waals surface area contributed by atoms with Crippen molar-refractivity contribution >= 4 is 17.8 Å². The highest BCUT2D eigenvalue weighted by molar-refractivity contribution is 6.14. The van der Waals surface area contributed by atoms with Crippen molar-refractivity contribution in [2.75, 3.05) is 26.2 Å². The number of carbonyl (C=O) groups is 2. The number of nitrogens with zero attached hydrogens (tertiary/aromatic N) is 2. The second kappa shape index (κ2) is 10.7. The van der Waals surface area contributed by atoms with Crippen LogP contribution >= 0.6 is 0 Å². The summed E-state index contributed by atoms with van der Waals surface area (Å²) in [5.74, 6) is -1.28. The van der Waals surface area contributed by atoms with Crippen molar-refractivity contribution in [2.45, 2.75) is 26.3 Å². The third-order valence-electron chi connectivity index (χ3n) is 5.68. The quantitative estimate of drug-likeness (QED) is 0.581. The van der Waals surface area contributed by atoms with E-state index in [9.17, 15) is 14.7 Å². The monoisotopic (exact) mass is 418 g/mol. The van der Waals surface area contributed by atoms with Crippen LogP contribution in [0.1, 0.15) is 37.4 Å². The number of amides is 1. The van der Waals surface area contributed by atoms with Crippen LogP contribution in [0.3, 0.4) is 0 Å². The molecule has 0 spiro atoms. The molecule has 0 saturated heterocycles. The van der Waals surface area contributed by atoms with Crippen molar-refractivity contribution in [3.63, 3.8) is 0 Å². The molecule has 0 aliphatic carbocycles. The summed E-state index contributed by atoms with van der Waals surface area (Å²) in [6.45, 7) is 7.45. The second-order valence-corrected chi connectivity index (χ2v) is 7.56. The third kappa shape index (κ3) is 5.30. The van der Waals surface area contributed by atoms with Gasteiger partial charge in [-0.2, -0.15) is 0 Å². The Labute approximate surface area is 184 Å². The lowest BCUT2D eigenvalue weighted by atomic mass is 9.95. The zero-order valence-corrected chi connectivity index (χ0v) is 18.2. The van der Waals surface area contributed by atoms with Crippen LogP contribution in [0, 0.1) is 0 Å². The Morgan fingerprint density at radius 1 is 1.03 bits per heavy atom. The molecule has 1 amide bonds. The molecule has 5 heteroatoms. The van der Waals surface area contributed by atoms with Crippen LogP contribution in [0.15, 0.2) is 78.1 Å². The second-order valence-electron chi connectivity index (χ2n) is 7.56. The fourth-order valence-corrected chi connectivity index (χ4v) is 3.95. The van der Waals surface area contributed by atoms with Gasteiger partial charge in [-0.25, -0.2) is 0 Å². The normalized spacial score (nSPS) is 16.7. The van der Waals surface area contributed by atoms with Crippen LogP contribution < -0.4 is 0 Å². The lowest BCUT2D eigenvalue weighted by molar-refractivity contribution is -0.129. The molecule has 0 fully saturated rings. The maximum Gasteiger partial charge on any atom is 0.290 e. The minimum absolute atomic E-state index is 0.145. The Balaban J connectivity index is 1.86. The van der Waals surface area contributed by atoms with Gasteiger partial charge in [-0.1, -0.05) is 80.6 Å². The molecule has 5 nitrogen and oxygen atoms in total. The van der Waals surface area contributed by atoms with Gasteiger partial charge >= 0.3 is 0 Å². The van der Waals surface area contributed by atoms with Crippen LogP contribution in [0.2, 0.25) is 0 Å². The minimum Gasteiger partial charge on any atom is -0.503 e. The van der Waals surface area contributed by atoms with Gasteiger partial charge in [0, 0.05) is 6.54 Å². The summed E-state index contributed by atoms with van der Waals surface area (Å²) >= 11 is 0. The van der Waals surface area contributed by atoms with Crippen LogP contribution in [0.5, 0.6) is 0 Å². The smallest absolute Gasteiger partial charge is 0.290 e. The summed E-state index contributed by atoms with van der Waals surface area (Å²) in [5.41, 5.74) is 1.85. The summed E-state index contributed by atoms with van der Waals surface area (Å²) in [7, 11) is 0. The van der Waals surface area contributed by atoms with E-state index in [0.717, 1.165) is 37.2 Å². The van der Waals surface area contributed by atoms with E-state index >= 15 is 0 Å². The largest absolute Gasteiger partial charge is 0.503 e. The van der Waals surface area contributed by atoms with E-state index in [1.165, 1.54) is 6.08 Å². The molecule has 31 heavy (non-hydrogen) atoms. The zero-order chi connectivity index (χ0) is 22.2. The lowest BCUT2D eigenvalue weighted by Gasteiger charge is -2.28. The number of benzene rings is 2.